The van der Waals surface area contributed by atoms with Gasteiger partial charge in [0.15, 0.2) is 0 Å². The maximum absolute atomic E-state index is 12.6. The number of hydrogen-bond donors (Lipinski definition) is 1. The lowest BCUT2D eigenvalue weighted by Gasteiger charge is -2.12. The Kier molecular flexibility index (Phi) is 4.83. The summed E-state index contributed by atoms with van der Waals surface area (Å²) in [5.74, 6) is 0. The van der Waals surface area contributed by atoms with E-state index in [9.17, 15) is 26.3 Å². The zero-order valence-electron chi connectivity index (χ0n) is 9.77. The Morgan fingerprint density at radius 1 is 1.15 bits per heavy atom. The van der Waals surface area contributed by atoms with Gasteiger partial charge in [0.05, 0.1) is 23.8 Å². The monoisotopic (exact) mass is 298 g/mol. The van der Waals surface area contributed by atoms with Crippen LogP contribution < -0.4 is 5.32 Å². The first-order valence-electron chi connectivity index (χ1n) is 5.19. The molecule has 110 valence electrons. The van der Waals surface area contributed by atoms with E-state index in [4.69, 9.17) is 5.26 Å². The summed E-state index contributed by atoms with van der Waals surface area (Å²) in [7, 11) is 0. The molecule has 0 fully saturated rings. The third-order valence-electron chi connectivity index (χ3n) is 2.14. The van der Waals surface area contributed by atoms with E-state index in [0.29, 0.717) is 6.07 Å². The van der Waals surface area contributed by atoms with Gasteiger partial charge >= 0.3 is 12.5 Å². The van der Waals surface area contributed by atoms with Crippen LogP contribution in [0.5, 0.6) is 0 Å². The molecule has 0 bridgehead atoms. The molecule has 0 aliphatic carbocycles. The molecule has 0 aromatic heterocycles. The van der Waals surface area contributed by atoms with Gasteiger partial charge in [0.2, 0.25) is 0 Å². The van der Waals surface area contributed by atoms with Crippen molar-refractivity contribution in [2.24, 2.45) is 0 Å². The molecule has 0 aliphatic heterocycles. The SMILES string of the molecule is N#Cc1ccc(NCCOC(F)(F)F)cc1C(F)(F)F. The molecule has 0 unspecified atom stereocenters. The minimum atomic E-state index is -4.79. The predicted molar refractivity (Wildman–Crippen MR) is 56.7 cm³/mol. The quantitative estimate of drug-likeness (QED) is 0.683. The summed E-state index contributed by atoms with van der Waals surface area (Å²) in [6, 6.07) is 4.16. The molecule has 0 radical (unpaired) electrons. The molecule has 0 aliphatic rings. The fourth-order valence-corrected chi connectivity index (χ4v) is 1.35. The van der Waals surface area contributed by atoms with Crippen molar-refractivity contribution in [2.45, 2.75) is 12.5 Å². The van der Waals surface area contributed by atoms with Crippen molar-refractivity contribution in [2.75, 3.05) is 18.5 Å². The Morgan fingerprint density at radius 2 is 1.80 bits per heavy atom. The summed E-state index contributed by atoms with van der Waals surface area (Å²) >= 11 is 0. The largest absolute Gasteiger partial charge is 0.522 e. The van der Waals surface area contributed by atoms with Crippen LogP contribution in [0.1, 0.15) is 11.1 Å². The number of halogens is 6. The van der Waals surface area contributed by atoms with Crippen molar-refractivity contribution < 1.29 is 31.1 Å². The van der Waals surface area contributed by atoms with E-state index in [1.54, 1.807) is 0 Å². The minimum Gasteiger partial charge on any atom is -0.383 e. The van der Waals surface area contributed by atoms with Crippen LogP contribution >= 0.6 is 0 Å². The summed E-state index contributed by atoms with van der Waals surface area (Å²) in [5, 5.41) is 10.9. The Hall–Kier alpha value is -1.95. The number of benzene rings is 1. The Balaban J connectivity index is 2.72. The zero-order valence-corrected chi connectivity index (χ0v) is 9.77. The number of ether oxygens (including phenoxy) is 1. The molecule has 0 spiro atoms. The molecule has 1 N–H and O–H groups in total. The van der Waals surface area contributed by atoms with Crippen LogP contribution in [0.2, 0.25) is 0 Å². The number of nitrogens with zero attached hydrogens (tertiary/aromatic N) is 1. The highest BCUT2D eigenvalue weighted by Crippen LogP contribution is 2.33. The van der Waals surface area contributed by atoms with Crippen molar-refractivity contribution in [1.29, 1.82) is 5.26 Å². The first-order valence-corrected chi connectivity index (χ1v) is 5.19. The van der Waals surface area contributed by atoms with Gasteiger partial charge in [0, 0.05) is 12.2 Å². The van der Waals surface area contributed by atoms with Gasteiger partial charge < -0.3 is 5.32 Å². The molecular weight excluding hydrogens is 290 g/mol. The van der Waals surface area contributed by atoms with Crippen molar-refractivity contribution in [3.8, 4) is 6.07 Å². The first-order chi connectivity index (χ1) is 9.13. The number of nitriles is 1. The molecule has 9 heteroatoms. The predicted octanol–water partition coefficient (Wildman–Crippen LogP) is 3.53. The number of anilines is 1. The van der Waals surface area contributed by atoms with Crippen LogP contribution in [0.25, 0.3) is 0 Å². The van der Waals surface area contributed by atoms with E-state index in [1.807, 2.05) is 0 Å². The van der Waals surface area contributed by atoms with Gasteiger partial charge in [-0.3, -0.25) is 4.74 Å². The topological polar surface area (TPSA) is 45.0 Å². The van der Waals surface area contributed by atoms with Crippen LogP contribution in [-0.2, 0) is 10.9 Å². The second kappa shape index (κ2) is 6.00. The summed E-state index contributed by atoms with van der Waals surface area (Å²) in [6.45, 7) is -1.08. The number of rotatable bonds is 4. The Morgan fingerprint density at radius 3 is 2.30 bits per heavy atom. The van der Waals surface area contributed by atoms with E-state index in [0.717, 1.165) is 6.07 Å². The Bertz CT molecular complexity index is 503. The van der Waals surface area contributed by atoms with Crippen LogP contribution in [0, 0.1) is 11.3 Å². The summed E-state index contributed by atoms with van der Waals surface area (Å²) < 4.78 is 76.3. The smallest absolute Gasteiger partial charge is 0.383 e. The standard InChI is InChI=1S/C11H8F6N2O/c12-10(13,14)9-5-8(2-1-7(9)6-18)19-3-4-20-11(15,16)17/h1-2,5,19H,3-4H2. The lowest BCUT2D eigenvalue weighted by Crippen LogP contribution is -2.19. The summed E-state index contributed by atoms with van der Waals surface area (Å²) in [4.78, 5) is 0. The number of hydrogen-bond acceptors (Lipinski definition) is 3. The van der Waals surface area contributed by atoms with Gasteiger partial charge in [-0.1, -0.05) is 0 Å². The van der Waals surface area contributed by atoms with E-state index >= 15 is 0 Å². The van der Waals surface area contributed by atoms with Gasteiger partial charge in [-0.15, -0.1) is 13.2 Å². The molecule has 0 saturated carbocycles. The highest BCUT2D eigenvalue weighted by Gasteiger charge is 2.34. The highest BCUT2D eigenvalue weighted by atomic mass is 19.4. The zero-order chi connectivity index (χ0) is 15.4. The van der Waals surface area contributed by atoms with Crippen molar-refractivity contribution in [1.82, 2.24) is 0 Å². The molecule has 1 aromatic carbocycles. The maximum Gasteiger partial charge on any atom is 0.522 e. The van der Waals surface area contributed by atoms with Crippen molar-refractivity contribution >= 4 is 5.69 Å². The van der Waals surface area contributed by atoms with Crippen LogP contribution in [0.4, 0.5) is 32.0 Å². The molecule has 0 amide bonds. The fraction of sp³-hybridized carbons (Fsp3) is 0.364. The Labute approximate surface area is 109 Å². The molecule has 1 aromatic rings. The molecule has 3 nitrogen and oxygen atoms in total. The van der Waals surface area contributed by atoms with Crippen LogP contribution in [0.3, 0.4) is 0 Å². The highest BCUT2D eigenvalue weighted by molar-refractivity contribution is 5.53. The molecule has 0 saturated heterocycles. The molecule has 0 atom stereocenters. The average molecular weight is 298 g/mol. The van der Waals surface area contributed by atoms with E-state index in [1.165, 1.54) is 12.1 Å². The summed E-state index contributed by atoms with van der Waals surface area (Å²) in [5.41, 5.74) is -1.77. The normalized spacial score (nSPS) is 12.1. The third kappa shape index (κ3) is 4.97. The second-order valence-corrected chi connectivity index (χ2v) is 3.59. The minimum absolute atomic E-state index is 0.0536. The van der Waals surface area contributed by atoms with Crippen molar-refractivity contribution in [3.05, 3.63) is 29.3 Å². The van der Waals surface area contributed by atoms with Gasteiger partial charge in [-0.2, -0.15) is 18.4 Å². The van der Waals surface area contributed by atoms with Gasteiger partial charge in [0.25, 0.3) is 0 Å². The molecule has 20 heavy (non-hydrogen) atoms. The average Bonchev–Trinajstić information content (AvgIpc) is 2.32. The van der Waals surface area contributed by atoms with Gasteiger partial charge in [-0.05, 0) is 18.2 Å². The van der Waals surface area contributed by atoms with Crippen LogP contribution in [0.15, 0.2) is 18.2 Å². The molecular formula is C11H8F6N2O. The lowest BCUT2D eigenvalue weighted by molar-refractivity contribution is -0.322. The van der Waals surface area contributed by atoms with E-state index in [2.05, 4.69) is 10.1 Å². The molecule has 1 rings (SSSR count). The molecule has 0 heterocycles. The van der Waals surface area contributed by atoms with Crippen molar-refractivity contribution in [3.63, 3.8) is 0 Å². The lowest BCUT2D eigenvalue weighted by atomic mass is 10.1. The van der Waals surface area contributed by atoms with Crippen LogP contribution in [-0.4, -0.2) is 19.5 Å². The number of nitrogens with one attached hydrogen (secondary N) is 1. The number of alkyl halides is 6. The second-order valence-electron chi connectivity index (χ2n) is 3.59. The van der Waals surface area contributed by atoms with Gasteiger partial charge in [-0.25, -0.2) is 0 Å². The van der Waals surface area contributed by atoms with Gasteiger partial charge in [0.1, 0.15) is 0 Å². The van der Waals surface area contributed by atoms with E-state index in [-0.39, 0.29) is 12.2 Å². The first kappa shape index (κ1) is 16.1. The third-order valence-corrected chi connectivity index (χ3v) is 2.14. The van der Waals surface area contributed by atoms with E-state index < -0.39 is 30.3 Å². The maximum atomic E-state index is 12.6. The fourth-order valence-electron chi connectivity index (χ4n) is 1.35. The summed E-state index contributed by atoms with van der Waals surface area (Å²) in [6.07, 6.45) is -9.51.